The van der Waals surface area contributed by atoms with Crippen molar-refractivity contribution in [1.29, 1.82) is 0 Å². The second-order valence-corrected chi connectivity index (χ2v) is 5.67. The summed E-state index contributed by atoms with van der Waals surface area (Å²) in [6, 6.07) is 7.27. The van der Waals surface area contributed by atoms with Crippen molar-refractivity contribution in [2.45, 2.75) is 25.8 Å². The van der Waals surface area contributed by atoms with E-state index in [4.69, 9.17) is 11.6 Å². The fourth-order valence-corrected chi connectivity index (χ4v) is 2.90. The van der Waals surface area contributed by atoms with Crippen LogP contribution in [0.3, 0.4) is 0 Å². The van der Waals surface area contributed by atoms with Crippen molar-refractivity contribution >= 4 is 17.4 Å². The first-order valence-electron chi connectivity index (χ1n) is 6.75. The molecule has 104 valence electrons. The van der Waals surface area contributed by atoms with Gasteiger partial charge in [0, 0.05) is 29.6 Å². The van der Waals surface area contributed by atoms with E-state index in [9.17, 15) is 9.90 Å². The summed E-state index contributed by atoms with van der Waals surface area (Å²) in [5.74, 6) is 0.616. The highest BCUT2D eigenvalue weighted by Crippen LogP contribution is 2.23. The van der Waals surface area contributed by atoms with E-state index in [1.165, 1.54) is 0 Å². The lowest BCUT2D eigenvalue weighted by Gasteiger charge is -2.24. The van der Waals surface area contributed by atoms with Crippen LogP contribution in [0, 0.1) is 5.92 Å². The van der Waals surface area contributed by atoms with Crippen LogP contribution in [0.25, 0.3) is 0 Å². The molecule has 1 aliphatic rings. The fraction of sp³-hybridized carbons (Fsp3) is 0.533. The SMILES string of the molecule is CC1CCN(CCC(=O)c2cccc(Cl)c2)C1CO. The Bertz CT molecular complexity index is 450. The summed E-state index contributed by atoms with van der Waals surface area (Å²) in [5, 5.41) is 9.97. The van der Waals surface area contributed by atoms with Gasteiger partial charge < -0.3 is 5.11 Å². The molecule has 0 radical (unpaired) electrons. The maximum Gasteiger partial charge on any atom is 0.164 e. The van der Waals surface area contributed by atoms with Gasteiger partial charge in [-0.2, -0.15) is 0 Å². The van der Waals surface area contributed by atoms with Gasteiger partial charge in [0.05, 0.1) is 6.61 Å². The molecule has 2 atom stereocenters. The monoisotopic (exact) mass is 281 g/mol. The number of hydrogen-bond acceptors (Lipinski definition) is 3. The zero-order valence-electron chi connectivity index (χ0n) is 11.2. The van der Waals surface area contributed by atoms with Crippen LogP contribution in [-0.2, 0) is 0 Å². The molecule has 4 heteroatoms. The van der Waals surface area contributed by atoms with Crippen LogP contribution in [-0.4, -0.2) is 41.5 Å². The lowest BCUT2D eigenvalue weighted by atomic mass is 10.0. The first-order chi connectivity index (χ1) is 9.11. The average molecular weight is 282 g/mol. The number of aliphatic hydroxyl groups is 1. The molecule has 0 saturated carbocycles. The number of halogens is 1. The van der Waals surface area contributed by atoms with Crippen molar-refractivity contribution in [3.8, 4) is 0 Å². The number of likely N-dealkylation sites (tertiary alicyclic amines) is 1. The van der Waals surface area contributed by atoms with E-state index in [-0.39, 0.29) is 18.4 Å². The third-order valence-electron chi connectivity index (χ3n) is 3.96. The van der Waals surface area contributed by atoms with Crippen LogP contribution >= 0.6 is 11.6 Å². The van der Waals surface area contributed by atoms with Crippen LogP contribution in [0.2, 0.25) is 5.02 Å². The molecule has 1 fully saturated rings. The van der Waals surface area contributed by atoms with E-state index in [2.05, 4.69) is 11.8 Å². The minimum Gasteiger partial charge on any atom is -0.395 e. The molecule has 0 spiro atoms. The molecule has 0 aliphatic carbocycles. The Labute approximate surface area is 119 Å². The number of benzene rings is 1. The Morgan fingerprint density at radius 3 is 3.00 bits per heavy atom. The molecule has 1 aliphatic heterocycles. The molecule has 1 N–H and O–H groups in total. The third-order valence-corrected chi connectivity index (χ3v) is 4.19. The van der Waals surface area contributed by atoms with Crippen molar-refractivity contribution in [1.82, 2.24) is 4.90 Å². The summed E-state index contributed by atoms with van der Waals surface area (Å²) in [6.07, 6.45) is 1.57. The molecule has 1 heterocycles. The van der Waals surface area contributed by atoms with Gasteiger partial charge in [-0.3, -0.25) is 9.69 Å². The van der Waals surface area contributed by atoms with Gasteiger partial charge in [0.15, 0.2) is 5.78 Å². The maximum absolute atomic E-state index is 12.1. The van der Waals surface area contributed by atoms with Gasteiger partial charge in [-0.05, 0) is 31.0 Å². The van der Waals surface area contributed by atoms with E-state index in [1.807, 2.05) is 0 Å². The molecule has 2 unspecified atom stereocenters. The lowest BCUT2D eigenvalue weighted by Crippen LogP contribution is -2.36. The number of ketones is 1. The summed E-state index contributed by atoms with van der Waals surface area (Å²) in [5.41, 5.74) is 0.667. The predicted molar refractivity (Wildman–Crippen MR) is 76.6 cm³/mol. The molecule has 19 heavy (non-hydrogen) atoms. The molecule has 0 aromatic heterocycles. The first-order valence-corrected chi connectivity index (χ1v) is 7.13. The van der Waals surface area contributed by atoms with Gasteiger partial charge in [0.25, 0.3) is 0 Å². The topological polar surface area (TPSA) is 40.5 Å². The largest absolute Gasteiger partial charge is 0.395 e. The van der Waals surface area contributed by atoms with Crippen molar-refractivity contribution in [3.05, 3.63) is 34.9 Å². The quantitative estimate of drug-likeness (QED) is 0.844. The van der Waals surface area contributed by atoms with Crippen molar-refractivity contribution in [2.24, 2.45) is 5.92 Å². The standard InChI is InChI=1S/C15H20ClNO2/c1-11-5-7-17(14(11)10-18)8-6-15(19)12-3-2-4-13(16)9-12/h2-4,9,11,14,18H,5-8,10H2,1H3. The van der Waals surface area contributed by atoms with Gasteiger partial charge in [0.2, 0.25) is 0 Å². The van der Waals surface area contributed by atoms with Crippen molar-refractivity contribution < 1.29 is 9.90 Å². The number of nitrogens with zero attached hydrogens (tertiary/aromatic N) is 1. The van der Waals surface area contributed by atoms with Crippen LogP contribution in [0.1, 0.15) is 30.1 Å². The Balaban J connectivity index is 1.90. The molecule has 2 rings (SSSR count). The molecular weight excluding hydrogens is 262 g/mol. The molecule has 0 amide bonds. The molecule has 0 bridgehead atoms. The highest BCUT2D eigenvalue weighted by molar-refractivity contribution is 6.31. The maximum atomic E-state index is 12.1. The van der Waals surface area contributed by atoms with E-state index >= 15 is 0 Å². The Hall–Kier alpha value is -0.900. The van der Waals surface area contributed by atoms with Crippen LogP contribution in [0.15, 0.2) is 24.3 Å². The molecule has 3 nitrogen and oxygen atoms in total. The number of hydrogen-bond donors (Lipinski definition) is 1. The zero-order chi connectivity index (χ0) is 13.8. The zero-order valence-corrected chi connectivity index (χ0v) is 11.9. The summed E-state index contributed by atoms with van der Waals surface area (Å²) >= 11 is 5.89. The number of carbonyl (C=O) groups is 1. The lowest BCUT2D eigenvalue weighted by molar-refractivity contribution is 0.0934. The van der Waals surface area contributed by atoms with Crippen LogP contribution < -0.4 is 0 Å². The summed E-state index contributed by atoms with van der Waals surface area (Å²) in [6.45, 7) is 4.00. The number of Topliss-reactive ketones (excluding diaryl/α,β-unsaturated/α-hetero) is 1. The molecule has 1 aromatic rings. The minimum absolute atomic E-state index is 0.110. The number of rotatable bonds is 5. The van der Waals surface area contributed by atoms with Crippen molar-refractivity contribution in [3.63, 3.8) is 0 Å². The number of aliphatic hydroxyl groups excluding tert-OH is 1. The summed E-state index contributed by atoms with van der Waals surface area (Å²) < 4.78 is 0. The first kappa shape index (κ1) is 14.5. The Morgan fingerprint density at radius 1 is 1.53 bits per heavy atom. The Morgan fingerprint density at radius 2 is 2.32 bits per heavy atom. The highest BCUT2D eigenvalue weighted by Gasteiger charge is 2.30. The molecule has 1 aromatic carbocycles. The summed E-state index contributed by atoms with van der Waals surface area (Å²) in [7, 11) is 0. The predicted octanol–water partition coefficient (Wildman–Crippen LogP) is 2.62. The van der Waals surface area contributed by atoms with Crippen LogP contribution in [0.5, 0.6) is 0 Å². The normalized spacial score (nSPS) is 23.7. The fourth-order valence-electron chi connectivity index (χ4n) is 2.71. The van der Waals surface area contributed by atoms with Gasteiger partial charge in [0.1, 0.15) is 0 Å². The Kier molecular flexibility index (Phi) is 4.97. The smallest absolute Gasteiger partial charge is 0.164 e. The molecule has 1 saturated heterocycles. The van der Waals surface area contributed by atoms with Crippen LogP contribution in [0.4, 0.5) is 0 Å². The van der Waals surface area contributed by atoms with E-state index in [0.717, 1.165) is 13.0 Å². The number of carbonyl (C=O) groups excluding carboxylic acids is 1. The van der Waals surface area contributed by atoms with Gasteiger partial charge >= 0.3 is 0 Å². The van der Waals surface area contributed by atoms with E-state index in [0.29, 0.717) is 29.5 Å². The second-order valence-electron chi connectivity index (χ2n) is 5.24. The van der Waals surface area contributed by atoms with E-state index in [1.54, 1.807) is 24.3 Å². The summed E-state index contributed by atoms with van der Waals surface area (Å²) in [4.78, 5) is 14.3. The third kappa shape index (κ3) is 3.56. The minimum atomic E-state index is 0.110. The molecular formula is C15H20ClNO2. The van der Waals surface area contributed by atoms with Gasteiger partial charge in [-0.1, -0.05) is 30.7 Å². The highest BCUT2D eigenvalue weighted by atomic mass is 35.5. The van der Waals surface area contributed by atoms with E-state index < -0.39 is 0 Å². The average Bonchev–Trinajstić information content (AvgIpc) is 2.76. The van der Waals surface area contributed by atoms with Crippen molar-refractivity contribution in [2.75, 3.05) is 19.7 Å². The second kappa shape index (κ2) is 6.51. The van der Waals surface area contributed by atoms with Gasteiger partial charge in [-0.25, -0.2) is 0 Å². The van der Waals surface area contributed by atoms with Gasteiger partial charge in [-0.15, -0.1) is 0 Å².